The maximum atomic E-state index is 15.4. The smallest absolute Gasteiger partial charge is 0.197 e. The van der Waals surface area contributed by atoms with Gasteiger partial charge in [0, 0.05) is 24.2 Å². The Hall–Kier alpha value is -3.32. The van der Waals surface area contributed by atoms with Gasteiger partial charge in [0.2, 0.25) is 0 Å². The summed E-state index contributed by atoms with van der Waals surface area (Å²) in [5, 5.41) is 17.8. The molecule has 10 heteroatoms. The monoisotopic (exact) mass is 602 g/mol. The second kappa shape index (κ2) is 12.2. The molecule has 0 unspecified atom stereocenters. The van der Waals surface area contributed by atoms with Crippen LogP contribution in [0.3, 0.4) is 0 Å². The summed E-state index contributed by atoms with van der Waals surface area (Å²) in [5.41, 5.74) is 2.65. The standard InChI is InChI=1S/C29H35FN4O4.BrH/c1-6-36-23-15-19-16-34(28(32)24(19)25(30)27(23)37-7-2)17-22(35)18-13-20(29(3,4)5)26-21(14-18)33(10-8-9-31)11-12-38-26;/h13-15,32H,6-8,10-12,16-17H2,1-5H3;1H. The fourth-order valence-electron chi connectivity index (χ4n) is 4.94. The van der Waals surface area contributed by atoms with E-state index in [0.29, 0.717) is 49.6 Å². The first-order valence-corrected chi connectivity index (χ1v) is 13.0. The van der Waals surface area contributed by atoms with E-state index in [4.69, 9.17) is 24.9 Å². The summed E-state index contributed by atoms with van der Waals surface area (Å²) < 4.78 is 32.6. The van der Waals surface area contributed by atoms with Gasteiger partial charge in [0.25, 0.3) is 0 Å². The molecular weight excluding hydrogens is 567 g/mol. The van der Waals surface area contributed by atoms with Crippen LogP contribution in [0.2, 0.25) is 0 Å². The number of hydrogen-bond acceptors (Lipinski definition) is 7. The third-order valence-electron chi connectivity index (χ3n) is 6.75. The van der Waals surface area contributed by atoms with Crippen LogP contribution in [0.5, 0.6) is 17.2 Å². The normalized spacial score (nSPS) is 14.1. The van der Waals surface area contributed by atoms with Crippen molar-refractivity contribution < 1.29 is 23.4 Å². The van der Waals surface area contributed by atoms with Crippen molar-refractivity contribution in [2.45, 2.75) is 53.0 Å². The van der Waals surface area contributed by atoms with Crippen LogP contribution in [0.1, 0.15) is 68.1 Å². The summed E-state index contributed by atoms with van der Waals surface area (Å²) >= 11 is 0. The molecule has 2 aromatic carbocycles. The number of hydrogen-bond donors (Lipinski definition) is 1. The fourth-order valence-corrected chi connectivity index (χ4v) is 4.94. The van der Waals surface area contributed by atoms with E-state index in [1.165, 1.54) is 0 Å². The minimum absolute atomic E-state index is 0. The number of halogens is 2. The number of carbonyl (C=O) groups is 1. The van der Waals surface area contributed by atoms with Gasteiger partial charge >= 0.3 is 0 Å². The lowest BCUT2D eigenvalue weighted by Crippen LogP contribution is -2.35. The molecule has 0 amide bonds. The maximum absolute atomic E-state index is 15.4. The van der Waals surface area contributed by atoms with Crippen molar-refractivity contribution in [2.75, 3.05) is 44.4 Å². The van der Waals surface area contributed by atoms with E-state index in [2.05, 4.69) is 31.7 Å². The van der Waals surface area contributed by atoms with E-state index in [9.17, 15) is 4.79 Å². The molecule has 0 atom stereocenters. The largest absolute Gasteiger partial charge is 0.490 e. The van der Waals surface area contributed by atoms with Crippen LogP contribution in [0.15, 0.2) is 18.2 Å². The topological polar surface area (TPSA) is 98.9 Å². The van der Waals surface area contributed by atoms with Crippen LogP contribution in [-0.4, -0.2) is 56.0 Å². The number of nitrogens with one attached hydrogen (secondary N) is 1. The zero-order valence-corrected chi connectivity index (χ0v) is 24.9. The van der Waals surface area contributed by atoms with E-state index in [1.54, 1.807) is 17.9 Å². The van der Waals surface area contributed by atoms with Gasteiger partial charge in [-0.2, -0.15) is 5.26 Å². The number of anilines is 1. The Morgan fingerprint density at radius 1 is 1.18 bits per heavy atom. The zero-order valence-electron chi connectivity index (χ0n) is 23.1. The molecule has 210 valence electrons. The van der Waals surface area contributed by atoms with Crippen LogP contribution in [-0.2, 0) is 12.0 Å². The predicted octanol–water partition coefficient (Wildman–Crippen LogP) is 5.63. The third-order valence-corrected chi connectivity index (χ3v) is 6.75. The average molecular weight is 604 g/mol. The van der Waals surface area contributed by atoms with Crippen molar-refractivity contribution in [3.05, 3.63) is 46.3 Å². The molecule has 2 heterocycles. The lowest BCUT2D eigenvalue weighted by molar-refractivity contribution is 0.0962. The highest BCUT2D eigenvalue weighted by molar-refractivity contribution is 8.93. The van der Waals surface area contributed by atoms with Gasteiger partial charge in [0.1, 0.15) is 18.2 Å². The number of carbonyl (C=O) groups excluding carboxylic acids is 1. The molecule has 0 aromatic heterocycles. The number of ether oxygens (including phenoxy) is 3. The molecule has 0 bridgehead atoms. The summed E-state index contributed by atoms with van der Waals surface area (Å²) in [6.07, 6.45) is 0.366. The van der Waals surface area contributed by atoms with Gasteiger partial charge in [-0.15, -0.1) is 17.0 Å². The SMILES string of the molecule is Br.CCOc1cc2c(c(F)c1OCC)C(=N)N(CC(=O)c1cc3c(c(C(C)(C)C)c1)OCCN3CCC#N)C2. The van der Waals surface area contributed by atoms with Gasteiger partial charge in [-0.3, -0.25) is 10.2 Å². The number of benzene rings is 2. The van der Waals surface area contributed by atoms with Crippen molar-refractivity contribution in [3.63, 3.8) is 0 Å². The van der Waals surface area contributed by atoms with Crippen LogP contribution >= 0.6 is 17.0 Å². The highest BCUT2D eigenvalue weighted by Gasteiger charge is 2.34. The van der Waals surface area contributed by atoms with Crippen molar-refractivity contribution in [1.82, 2.24) is 4.90 Å². The molecule has 0 radical (unpaired) electrons. The Bertz CT molecular complexity index is 1300. The first-order chi connectivity index (χ1) is 18.1. The summed E-state index contributed by atoms with van der Waals surface area (Å²) in [4.78, 5) is 17.3. The minimum atomic E-state index is -0.637. The predicted molar refractivity (Wildman–Crippen MR) is 154 cm³/mol. The number of ketones is 1. The quantitative estimate of drug-likeness (QED) is 0.371. The minimum Gasteiger partial charge on any atom is -0.490 e. The molecule has 1 N–H and O–H groups in total. The molecule has 4 rings (SSSR count). The van der Waals surface area contributed by atoms with E-state index in [0.717, 1.165) is 17.0 Å². The zero-order chi connectivity index (χ0) is 27.6. The molecule has 2 aliphatic rings. The summed E-state index contributed by atoms with van der Waals surface area (Å²) in [6.45, 7) is 12.2. The van der Waals surface area contributed by atoms with Gasteiger partial charge in [-0.25, -0.2) is 4.39 Å². The van der Waals surface area contributed by atoms with Crippen molar-refractivity contribution in [1.29, 1.82) is 10.7 Å². The van der Waals surface area contributed by atoms with E-state index in [-0.39, 0.29) is 65.0 Å². The molecule has 8 nitrogen and oxygen atoms in total. The van der Waals surface area contributed by atoms with Gasteiger partial charge in [-0.05, 0) is 43.0 Å². The molecule has 2 aromatic rings. The van der Waals surface area contributed by atoms with E-state index in [1.807, 2.05) is 19.1 Å². The lowest BCUT2D eigenvalue weighted by Gasteiger charge is -2.35. The fraction of sp³-hybridized carbons (Fsp3) is 0.483. The van der Waals surface area contributed by atoms with Crippen molar-refractivity contribution in [2.24, 2.45) is 0 Å². The van der Waals surface area contributed by atoms with Gasteiger partial charge < -0.3 is 24.0 Å². The summed E-state index contributed by atoms with van der Waals surface area (Å²) in [6, 6.07) is 7.57. The first kappa shape index (κ1) is 30.2. The Kier molecular flexibility index (Phi) is 9.49. The number of rotatable bonds is 9. The number of amidine groups is 1. The first-order valence-electron chi connectivity index (χ1n) is 13.0. The molecule has 39 heavy (non-hydrogen) atoms. The van der Waals surface area contributed by atoms with Gasteiger partial charge in [0.05, 0.1) is 50.0 Å². The number of nitrogens with zero attached hydrogens (tertiary/aromatic N) is 3. The Morgan fingerprint density at radius 3 is 2.54 bits per heavy atom. The highest BCUT2D eigenvalue weighted by Crippen LogP contribution is 2.43. The Labute approximate surface area is 239 Å². The Morgan fingerprint density at radius 2 is 1.90 bits per heavy atom. The number of Topliss-reactive ketones (excluding diaryl/α,β-unsaturated/α-hetero) is 1. The molecule has 2 aliphatic heterocycles. The highest BCUT2D eigenvalue weighted by atomic mass is 79.9. The van der Waals surface area contributed by atoms with Crippen LogP contribution in [0.25, 0.3) is 0 Å². The number of fused-ring (bicyclic) bond motifs is 2. The molecule has 0 spiro atoms. The van der Waals surface area contributed by atoms with Crippen LogP contribution in [0, 0.1) is 22.6 Å². The van der Waals surface area contributed by atoms with E-state index >= 15 is 4.39 Å². The molecule has 0 aliphatic carbocycles. The molecule has 0 saturated heterocycles. The van der Waals surface area contributed by atoms with Gasteiger partial charge in [0.15, 0.2) is 23.1 Å². The average Bonchev–Trinajstić information content (AvgIpc) is 3.18. The third kappa shape index (κ3) is 5.98. The molecular formula is C29H36BrFN4O4. The summed E-state index contributed by atoms with van der Waals surface area (Å²) in [5.74, 6) is 0.164. The van der Waals surface area contributed by atoms with Crippen molar-refractivity contribution >= 4 is 34.3 Å². The number of nitriles is 1. The Balaban J connectivity index is 0.00000420. The van der Waals surface area contributed by atoms with Crippen LogP contribution in [0.4, 0.5) is 10.1 Å². The second-order valence-corrected chi connectivity index (χ2v) is 10.4. The second-order valence-electron chi connectivity index (χ2n) is 10.4. The summed E-state index contributed by atoms with van der Waals surface area (Å²) in [7, 11) is 0. The lowest BCUT2D eigenvalue weighted by atomic mass is 9.84. The maximum Gasteiger partial charge on any atom is 0.197 e. The molecule has 0 fully saturated rings. The van der Waals surface area contributed by atoms with E-state index < -0.39 is 5.82 Å². The van der Waals surface area contributed by atoms with Gasteiger partial charge in [-0.1, -0.05) is 20.8 Å². The van der Waals surface area contributed by atoms with Crippen LogP contribution < -0.4 is 19.1 Å². The van der Waals surface area contributed by atoms with Crippen molar-refractivity contribution in [3.8, 4) is 23.3 Å². The molecule has 0 saturated carbocycles.